The van der Waals surface area contributed by atoms with Gasteiger partial charge in [-0.1, -0.05) is 18.2 Å². The van der Waals surface area contributed by atoms with Gasteiger partial charge in [-0.05, 0) is 33.6 Å². The van der Waals surface area contributed by atoms with Crippen LogP contribution in [0.25, 0.3) is 0 Å². The normalized spacial score (nSPS) is 22.9. The number of carboxylic acid groups (broad SMARTS) is 1. The third-order valence-electron chi connectivity index (χ3n) is 3.45. The van der Waals surface area contributed by atoms with E-state index in [-0.39, 0.29) is 11.4 Å². The Labute approximate surface area is 114 Å². The summed E-state index contributed by atoms with van der Waals surface area (Å²) in [6.45, 7) is 9.95. The molecule has 1 aliphatic carbocycles. The third-order valence-corrected chi connectivity index (χ3v) is 3.45. The van der Waals surface area contributed by atoms with E-state index in [1.807, 2.05) is 32.9 Å². The van der Waals surface area contributed by atoms with E-state index in [2.05, 4.69) is 6.58 Å². The molecular weight excluding hydrogens is 242 g/mol. The number of hydrogen-bond donors (Lipinski definition) is 1. The second-order valence-electron chi connectivity index (χ2n) is 5.90. The van der Waals surface area contributed by atoms with Gasteiger partial charge in [-0.3, -0.25) is 9.59 Å². The molecule has 4 nitrogen and oxygen atoms in total. The maximum atomic E-state index is 12.6. The molecule has 1 N–H and O–H groups in total. The summed E-state index contributed by atoms with van der Waals surface area (Å²) in [5.41, 5.74) is -0.338. The van der Waals surface area contributed by atoms with Crippen molar-refractivity contribution < 1.29 is 14.7 Å². The minimum atomic E-state index is -0.893. The zero-order valence-corrected chi connectivity index (χ0v) is 11.9. The Bertz CT molecular complexity index is 393. The highest BCUT2D eigenvalue weighted by molar-refractivity contribution is 5.86. The van der Waals surface area contributed by atoms with Gasteiger partial charge in [0.15, 0.2) is 0 Å². The van der Waals surface area contributed by atoms with Gasteiger partial charge in [0, 0.05) is 12.1 Å². The Hall–Kier alpha value is -1.58. The predicted molar refractivity (Wildman–Crippen MR) is 74.7 cm³/mol. The number of aliphatic carboxylic acids is 1. The molecule has 0 aromatic rings. The average Bonchev–Trinajstić information content (AvgIpc) is 2.33. The molecule has 1 aliphatic rings. The van der Waals surface area contributed by atoms with Gasteiger partial charge in [0.25, 0.3) is 0 Å². The number of nitrogens with zero attached hydrogens (tertiary/aromatic N) is 1. The molecule has 0 heterocycles. The standard InChI is InChI=1S/C15H23NO3/c1-5-10-16(15(2,3)4)13(17)11-8-6-7-9-12(11)14(18)19/h5-7,11-12H,1,8-10H2,2-4H3,(H,18,19). The van der Waals surface area contributed by atoms with Crippen LogP contribution in [0.5, 0.6) is 0 Å². The van der Waals surface area contributed by atoms with Crippen molar-refractivity contribution in [3.63, 3.8) is 0 Å². The Kier molecular flexibility index (Phi) is 4.92. The van der Waals surface area contributed by atoms with Crippen LogP contribution in [0.3, 0.4) is 0 Å². The molecule has 0 fully saturated rings. The lowest BCUT2D eigenvalue weighted by atomic mass is 9.81. The van der Waals surface area contributed by atoms with Crippen LogP contribution in [-0.2, 0) is 9.59 Å². The van der Waals surface area contributed by atoms with E-state index >= 15 is 0 Å². The summed E-state index contributed by atoms with van der Waals surface area (Å²) in [6, 6.07) is 0. The number of amides is 1. The van der Waals surface area contributed by atoms with E-state index in [4.69, 9.17) is 0 Å². The molecule has 1 rings (SSSR count). The molecule has 0 aliphatic heterocycles. The van der Waals surface area contributed by atoms with E-state index < -0.39 is 17.8 Å². The van der Waals surface area contributed by atoms with Crippen LogP contribution in [0.1, 0.15) is 33.6 Å². The monoisotopic (exact) mass is 265 g/mol. The predicted octanol–water partition coefficient (Wildman–Crippen LogP) is 2.47. The highest BCUT2D eigenvalue weighted by Gasteiger charge is 2.38. The first kappa shape index (κ1) is 15.5. The smallest absolute Gasteiger partial charge is 0.307 e. The zero-order chi connectivity index (χ0) is 14.6. The Morgan fingerprint density at radius 2 is 1.84 bits per heavy atom. The first-order chi connectivity index (χ1) is 8.79. The zero-order valence-electron chi connectivity index (χ0n) is 11.9. The molecule has 19 heavy (non-hydrogen) atoms. The van der Waals surface area contributed by atoms with E-state index in [0.29, 0.717) is 19.4 Å². The lowest BCUT2D eigenvalue weighted by Crippen LogP contribution is -2.50. The van der Waals surface area contributed by atoms with Gasteiger partial charge in [-0.2, -0.15) is 0 Å². The van der Waals surface area contributed by atoms with E-state index in [9.17, 15) is 14.7 Å². The molecule has 4 heteroatoms. The molecule has 0 radical (unpaired) electrons. The molecule has 1 amide bonds. The first-order valence-corrected chi connectivity index (χ1v) is 6.59. The van der Waals surface area contributed by atoms with Crippen molar-refractivity contribution in [3.8, 4) is 0 Å². The summed E-state index contributed by atoms with van der Waals surface area (Å²) in [5, 5.41) is 9.25. The molecule has 2 unspecified atom stereocenters. The van der Waals surface area contributed by atoms with Crippen molar-refractivity contribution in [1.29, 1.82) is 0 Å². The number of carboxylic acids is 1. The van der Waals surface area contributed by atoms with E-state index in [0.717, 1.165) is 0 Å². The van der Waals surface area contributed by atoms with E-state index in [1.54, 1.807) is 11.0 Å². The number of rotatable bonds is 4. The topological polar surface area (TPSA) is 57.6 Å². The van der Waals surface area contributed by atoms with Crippen molar-refractivity contribution in [2.75, 3.05) is 6.54 Å². The van der Waals surface area contributed by atoms with Gasteiger partial charge < -0.3 is 10.0 Å². The Morgan fingerprint density at radius 3 is 2.26 bits per heavy atom. The minimum Gasteiger partial charge on any atom is -0.481 e. The van der Waals surface area contributed by atoms with Crippen LogP contribution >= 0.6 is 0 Å². The lowest BCUT2D eigenvalue weighted by Gasteiger charge is -2.39. The summed E-state index contributed by atoms with van der Waals surface area (Å²) in [4.78, 5) is 25.6. The molecule has 0 spiro atoms. The molecule has 0 bridgehead atoms. The molecule has 0 aromatic carbocycles. The van der Waals surface area contributed by atoms with Crippen molar-refractivity contribution in [3.05, 3.63) is 24.8 Å². The van der Waals surface area contributed by atoms with Crippen molar-refractivity contribution in [2.45, 2.75) is 39.2 Å². The van der Waals surface area contributed by atoms with Crippen LogP contribution in [0.15, 0.2) is 24.8 Å². The summed E-state index contributed by atoms with van der Waals surface area (Å²) >= 11 is 0. The summed E-state index contributed by atoms with van der Waals surface area (Å²) in [5.74, 6) is -2.08. The molecule has 2 atom stereocenters. The summed E-state index contributed by atoms with van der Waals surface area (Å²) in [7, 11) is 0. The van der Waals surface area contributed by atoms with Crippen molar-refractivity contribution in [1.82, 2.24) is 4.90 Å². The average molecular weight is 265 g/mol. The number of carbonyl (C=O) groups is 2. The molecule has 0 saturated heterocycles. The van der Waals surface area contributed by atoms with Gasteiger partial charge >= 0.3 is 5.97 Å². The van der Waals surface area contributed by atoms with Crippen molar-refractivity contribution >= 4 is 11.9 Å². The van der Waals surface area contributed by atoms with Crippen LogP contribution in [0.4, 0.5) is 0 Å². The summed E-state index contributed by atoms with van der Waals surface area (Å²) in [6.07, 6.45) is 6.35. The van der Waals surface area contributed by atoms with Gasteiger partial charge in [-0.15, -0.1) is 6.58 Å². The SMILES string of the molecule is C=CCN(C(=O)C1CC=CCC1C(=O)O)C(C)(C)C. The highest BCUT2D eigenvalue weighted by atomic mass is 16.4. The largest absolute Gasteiger partial charge is 0.481 e. The van der Waals surface area contributed by atoms with Crippen LogP contribution < -0.4 is 0 Å². The van der Waals surface area contributed by atoms with Gasteiger partial charge in [-0.25, -0.2) is 0 Å². The van der Waals surface area contributed by atoms with Crippen LogP contribution in [-0.4, -0.2) is 34.0 Å². The maximum Gasteiger partial charge on any atom is 0.307 e. The fourth-order valence-electron chi connectivity index (χ4n) is 2.38. The molecule has 0 saturated carbocycles. The minimum absolute atomic E-state index is 0.0934. The third kappa shape index (κ3) is 3.69. The van der Waals surface area contributed by atoms with Gasteiger partial charge in [0.1, 0.15) is 0 Å². The fraction of sp³-hybridized carbons (Fsp3) is 0.600. The highest BCUT2D eigenvalue weighted by Crippen LogP contribution is 2.30. The molecular formula is C15H23NO3. The van der Waals surface area contributed by atoms with Crippen LogP contribution in [0.2, 0.25) is 0 Å². The van der Waals surface area contributed by atoms with Gasteiger partial charge in [0.2, 0.25) is 5.91 Å². The Balaban J connectivity index is 2.97. The van der Waals surface area contributed by atoms with Gasteiger partial charge in [0.05, 0.1) is 11.8 Å². The lowest BCUT2D eigenvalue weighted by molar-refractivity contribution is -0.152. The number of allylic oxidation sites excluding steroid dienone is 2. The van der Waals surface area contributed by atoms with Crippen LogP contribution in [0, 0.1) is 11.8 Å². The van der Waals surface area contributed by atoms with E-state index in [1.165, 1.54) is 0 Å². The quantitative estimate of drug-likeness (QED) is 0.794. The van der Waals surface area contributed by atoms with Crippen molar-refractivity contribution in [2.24, 2.45) is 11.8 Å². The second-order valence-corrected chi connectivity index (χ2v) is 5.90. The Morgan fingerprint density at radius 1 is 1.32 bits per heavy atom. The summed E-state index contributed by atoms with van der Waals surface area (Å²) < 4.78 is 0. The number of hydrogen-bond acceptors (Lipinski definition) is 2. The maximum absolute atomic E-state index is 12.6. The molecule has 0 aromatic heterocycles. The first-order valence-electron chi connectivity index (χ1n) is 6.59. The second kappa shape index (κ2) is 6.04. The number of carbonyl (C=O) groups excluding carboxylic acids is 1. The molecule has 106 valence electrons. The fourth-order valence-corrected chi connectivity index (χ4v) is 2.38.